The first-order valence-corrected chi connectivity index (χ1v) is 12.0. The molecule has 0 spiro atoms. The number of benzene rings is 1. The van der Waals surface area contributed by atoms with Gasteiger partial charge in [-0.15, -0.1) is 10.2 Å². The maximum Gasteiger partial charge on any atom is 0.420 e. The van der Waals surface area contributed by atoms with Crippen LogP contribution in [0.15, 0.2) is 24.3 Å². The molecule has 0 bridgehead atoms. The van der Waals surface area contributed by atoms with Gasteiger partial charge in [0.05, 0.1) is 12.3 Å². The Morgan fingerprint density at radius 3 is 2.47 bits per heavy atom. The van der Waals surface area contributed by atoms with E-state index in [4.69, 9.17) is 4.74 Å². The molecule has 5 rings (SSSR count). The van der Waals surface area contributed by atoms with Crippen molar-refractivity contribution in [1.29, 1.82) is 0 Å². The van der Waals surface area contributed by atoms with E-state index in [1.54, 1.807) is 6.92 Å². The quantitative estimate of drug-likeness (QED) is 0.612. The summed E-state index contributed by atoms with van der Waals surface area (Å²) < 4.78 is 61.0. The zero-order valence-corrected chi connectivity index (χ0v) is 19.4. The predicted octanol–water partition coefficient (Wildman–Crippen LogP) is 5.01. The smallest absolute Gasteiger partial charge is 0.381 e. The number of nitrogens with one attached hydrogen (secondary N) is 1. The molecular weight excluding hydrogens is 448 g/mol. The number of nitrogens with zero attached hydrogens (tertiary/aromatic N) is 3. The van der Waals surface area contributed by atoms with Crippen LogP contribution in [0.2, 0.25) is 0 Å². The first kappa shape index (κ1) is 23.5. The Morgan fingerprint density at radius 1 is 1.09 bits per heavy atom. The SMILES string of the molecule is Cc1ccc(F)cc1-c1cc(C(F)(F)F)c(N[C@@H]2C[C@@H]3CN(CC4COCC4C)C[C@@H]3C2)nn1. The minimum absolute atomic E-state index is 0.0129. The lowest BCUT2D eigenvalue weighted by molar-refractivity contribution is -0.137. The lowest BCUT2D eigenvalue weighted by atomic mass is 9.97. The molecule has 2 aromatic rings. The molecule has 9 heteroatoms. The third-order valence-corrected chi connectivity index (χ3v) is 7.75. The molecule has 2 aliphatic heterocycles. The van der Waals surface area contributed by atoms with Gasteiger partial charge in [-0.2, -0.15) is 13.2 Å². The Hall–Kier alpha value is -2.26. The molecule has 2 unspecified atom stereocenters. The van der Waals surface area contributed by atoms with E-state index in [2.05, 4.69) is 27.3 Å². The van der Waals surface area contributed by atoms with Crippen LogP contribution in [-0.2, 0) is 10.9 Å². The van der Waals surface area contributed by atoms with E-state index in [0.717, 1.165) is 51.8 Å². The molecule has 184 valence electrons. The van der Waals surface area contributed by atoms with E-state index < -0.39 is 17.6 Å². The molecule has 3 heterocycles. The van der Waals surface area contributed by atoms with Crippen molar-refractivity contribution in [3.8, 4) is 11.3 Å². The van der Waals surface area contributed by atoms with Crippen molar-refractivity contribution < 1.29 is 22.3 Å². The average molecular weight is 479 g/mol. The van der Waals surface area contributed by atoms with Gasteiger partial charge in [-0.1, -0.05) is 13.0 Å². The largest absolute Gasteiger partial charge is 0.420 e. The Morgan fingerprint density at radius 2 is 1.82 bits per heavy atom. The van der Waals surface area contributed by atoms with Gasteiger partial charge in [-0.05, 0) is 67.2 Å². The second-order valence-corrected chi connectivity index (χ2v) is 10.3. The van der Waals surface area contributed by atoms with Crippen molar-refractivity contribution in [3.05, 3.63) is 41.2 Å². The van der Waals surface area contributed by atoms with Gasteiger partial charge in [0.1, 0.15) is 11.4 Å². The summed E-state index contributed by atoms with van der Waals surface area (Å²) in [5, 5.41) is 11.0. The number of likely N-dealkylation sites (tertiary alicyclic amines) is 1. The Labute approximate surface area is 196 Å². The zero-order chi connectivity index (χ0) is 24.0. The standard InChI is InChI=1S/C25H30F4N4O/c1-14-3-4-19(26)7-21(14)23-8-22(25(27,28)29)24(32-31-23)30-20-5-16-9-33(10-17(16)6-20)11-18-13-34-12-15(18)2/h3-4,7-8,15-18,20H,5-6,9-13H2,1-2H3,(H,30,32)/t15?,16-,17+,18?,20-. The van der Waals surface area contributed by atoms with Crippen molar-refractivity contribution in [2.45, 2.75) is 38.9 Å². The van der Waals surface area contributed by atoms with E-state index in [1.165, 1.54) is 18.2 Å². The number of hydrogen-bond donors (Lipinski definition) is 1. The molecule has 1 N–H and O–H groups in total. The normalized spacial score (nSPS) is 29.5. The molecular formula is C25H30F4N4O. The lowest BCUT2D eigenvalue weighted by Crippen LogP contribution is -2.32. The zero-order valence-electron chi connectivity index (χ0n) is 19.4. The van der Waals surface area contributed by atoms with E-state index in [-0.39, 0.29) is 17.6 Å². The van der Waals surface area contributed by atoms with Crippen molar-refractivity contribution in [1.82, 2.24) is 15.1 Å². The molecule has 3 fully saturated rings. The van der Waals surface area contributed by atoms with Crippen molar-refractivity contribution in [2.24, 2.45) is 23.7 Å². The molecule has 5 nitrogen and oxygen atoms in total. The van der Waals surface area contributed by atoms with Gasteiger partial charge in [-0.3, -0.25) is 0 Å². The first-order chi connectivity index (χ1) is 16.2. The van der Waals surface area contributed by atoms with Crippen molar-refractivity contribution in [2.75, 3.05) is 38.2 Å². The summed E-state index contributed by atoms with van der Waals surface area (Å²) in [6.07, 6.45) is -2.96. The summed E-state index contributed by atoms with van der Waals surface area (Å²) in [6, 6.07) is 4.89. The summed E-state index contributed by atoms with van der Waals surface area (Å²) in [7, 11) is 0. The van der Waals surface area contributed by atoms with Crippen LogP contribution >= 0.6 is 0 Å². The summed E-state index contributed by atoms with van der Waals surface area (Å²) >= 11 is 0. The fourth-order valence-electron chi connectivity index (χ4n) is 5.84. The predicted molar refractivity (Wildman–Crippen MR) is 121 cm³/mol. The van der Waals surface area contributed by atoms with E-state index in [0.29, 0.717) is 34.8 Å². The maximum atomic E-state index is 13.9. The van der Waals surface area contributed by atoms with Crippen molar-refractivity contribution >= 4 is 5.82 Å². The van der Waals surface area contributed by atoms with E-state index in [9.17, 15) is 17.6 Å². The molecule has 1 saturated carbocycles. The maximum absolute atomic E-state index is 13.9. The van der Waals surface area contributed by atoms with Crippen LogP contribution in [0.3, 0.4) is 0 Å². The van der Waals surface area contributed by atoms with Gasteiger partial charge in [0.25, 0.3) is 0 Å². The second-order valence-electron chi connectivity index (χ2n) is 10.3. The fourth-order valence-corrected chi connectivity index (χ4v) is 5.84. The summed E-state index contributed by atoms with van der Waals surface area (Å²) in [5.41, 5.74) is 0.0901. The Balaban J connectivity index is 1.27. The fraction of sp³-hybridized carbons (Fsp3) is 0.600. The number of fused-ring (bicyclic) bond motifs is 1. The van der Waals surface area contributed by atoms with Crippen LogP contribution < -0.4 is 5.32 Å². The third-order valence-electron chi connectivity index (χ3n) is 7.75. The van der Waals surface area contributed by atoms with Crippen LogP contribution in [0.1, 0.15) is 30.9 Å². The molecule has 0 amide bonds. The number of halogens is 4. The van der Waals surface area contributed by atoms with Crippen LogP contribution in [-0.4, -0.2) is 54.0 Å². The number of ether oxygens (including phenoxy) is 1. The van der Waals surface area contributed by atoms with Crippen LogP contribution in [0.4, 0.5) is 23.4 Å². The summed E-state index contributed by atoms with van der Waals surface area (Å²) in [5.74, 6) is 1.33. The van der Waals surface area contributed by atoms with Gasteiger partial charge in [-0.25, -0.2) is 4.39 Å². The minimum atomic E-state index is -4.60. The van der Waals surface area contributed by atoms with Crippen LogP contribution in [0, 0.1) is 36.4 Å². The number of anilines is 1. The average Bonchev–Trinajstić information content (AvgIpc) is 3.45. The van der Waals surface area contributed by atoms with E-state index in [1.807, 2.05) is 0 Å². The molecule has 2 saturated heterocycles. The van der Waals surface area contributed by atoms with E-state index >= 15 is 0 Å². The number of rotatable bonds is 5. The lowest BCUT2D eigenvalue weighted by Gasteiger charge is -2.24. The minimum Gasteiger partial charge on any atom is -0.381 e. The highest BCUT2D eigenvalue weighted by molar-refractivity contribution is 5.65. The number of aryl methyl sites for hydroxylation is 1. The monoisotopic (exact) mass is 478 g/mol. The summed E-state index contributed by atoms with van der Waals surface area (Å²) in [4.78, 5) is 2.50. The highest BCUT2D eigenvalue weighted by Crippen LogP contribution is 2.42. The topological polar surface area (TPSA) is 50.3 Å². The summed E-state index contributed by atoms with van der Waals surface area (Å²) in [6.45, 7) is 8.60. The molecule has 1 aliphatic carbocycles. The molecule has 1 aromatic carbocycles. The highest BCUT2D eigenvalue weighted by atomic mass is 19.4. The molecule has 3 aliphatic rings. The Kier molecular flexibility index (Phi) is 6.27. The van der Waals surface area contributed by atoms with Gasteiger partial charge in [0.15, 0.2) is 5.82 Å². The van der Waals surface area contributed by atoms with Crippen LogP contribution in [0.25, 0.3) is 11.3 Å². The number of alkyl halides is 3. The number of aromatic nitrogens is 2. The van der Waals surface area contributed by atoms with Crippen LogP contribution in [0.5, 0.6) is 0 Å². The number of hydrogen-bond acceptors (Lipinski definition) is 5. The third kappa shape index (κ3) is 4.77. The molecule has 34 heavy (non-hydrogen) atoms. The van der Waals surface area contributed by atoms with Crippen molar-refractivity contribution in [3.63, 3.8) is 0 Å². The first-order valence-electron chi connectivity index (χ1n) is 12.0. The molecule has 1 aromatic heterocycles. The second kappa shape index (κ2) is 9.07. The molecule has 0 radical (unpaired) electrons. The molecule has 5 atom stereocenters. The van der Waals surface area contributed by atoms with Gasteiger partial charge in [0.2, 0.25) is 0 Å². The van der Waals surface area contributed by atoms with Gasteiger partial charge in [0, 0.05) is 37.8 Å². The highest BCUT2D eigenvalue weighted by Gasteiger charge is 2.43. The Bertz CT molecular complexity index is 1030. The van der Waals surface area contributed by atoms with Gasteiger partial charge < -0.3 is 15.0 Å². The van der Waals surface area contributed by atoms with Gasteiger partial charge >= 0.3 is 6.18 Å².